The van der Waals surface area contributed by atoms with Gasteiger partial charge in [0.2, 0.25) is 0 Å². The molecule has 0 aromatic heterocycles. The molecule has 0 spiro atoms. The van der Waals surface area contributed by atoms with Crippen LogP contribution in [0.2, 0.25) is 0 Å². The van der Waals surface area contributed by atoms with Crippen molar-refractivity contribution in [2.75, 3.05) is 7.11 Å². The van der Waals surface area contributed by atoms with E-state index in [0.717, 1.165) is 22.3 Å². The van der Waals surface area contributed by atoms with Gasteiger partial charge in [0.25, 0.3) is 5.91 Å². The van der Waals surface area contributed by atoms with Crippen molar-refractivity contribution in [1.82, 2.24) is 5.06 Å². The van der Waals surface area contributed by atoms with Crippen LogP contribution in [0.1, 0.15) is 58.9 Å². The molecule has 39 heavy (non-hydrogen) atoms. The number of aryl methyl sites for hydroxylation is 3. The van der Waals surface area contributed by atoms with Gasteiger partial charge in [-0.05, 0) is 76.4 Å². The lowest BCUT2D eigenvalue weighted by atomic mass is 9.91. The van der Waals surface area contributed by atoms with Crippen LogP contribution in [0.25, 0.3) is 5.57 Å². The van der Waals surface area contributed by atoms with Crippen LogP contribution in [0.5, 0.6) is 5.75 Å². The van der Waals surface area contributed by atoms with Gasteiger partial charge in [0.15, 0.2) is 6.29 Å². The lowest BCUT2D eigenvalue weighted by molar-refractivity contribution is -0.276. The summed E-state index contributed by atoms with van der Waals surface area (Å²) in [4.78, 5) is 33.5. The number of hydrogen-bond donors (Lipinski definition) is 0. The number of rotatable bonds is 9. The van der Waals surface area contributed by atoms with E-state index >= 15 is 0 Å². The first-order valence-corrected chi connectivity index (χ1v) is 12.9. The Bertz CT molecular complexity index is 1390. The van der Waals surface area contributed by atoms with Crippen LogP contribution in [0, 0.1) is 20.8 Å². The molecule has 1 heterocycles. The van der Waals surface area contributed by atoms with Crippen molar-refractivity contribution in [3.8, 4) is 5.75 Å². The Morgan fingerprint density at radius 2 is 1.56 bits per heavy atom. The molecule has 0 radical (unpaired) electrons. The first-order chi connectivity index (χ1) is 18.5. The summed E-state index contributed by atoms with van der Waals surface area (Å²) < 4.78 is 17.3. The van der Waals surface area contributed by atoms with Crippen LogP contribution in [0.15, 0.2) is 72.5 Å². The summed E-state index contributed by atoms with van der Waals surface area (Å²) in [5, 5.41) is 1.24. The Labute approximate surface area is 229 Å². The Kier molecular flexibility index (Phi) is 8.23. The minimum atomic E-state index is -1.10. The highest BCUT2D eigenvalue weighted by Crippen LogP contribution is 2.43. The first kappa shape index (κ1) is 28.1. The quantitative estimate of drug-likeness (QED) is 0.239. The number of benzene rings is 3. The Morgan fingerprint density at radius 1 is 0.949 bits per heavy atom. The summed E-state index contributed by atoms with van der Waals surface area (Å²) in [5.41, 5.74) is 3.81. The van der Waals surface area contributed by atoms with Crippen LogP contribution < -0.4 is 4.74 Å². The zero-order chi connectivity index (χ0) is 28.3. The number of hydrogen-bond acceptors (Lipinski definition) is 6. The fourth-order valence-electron chi connectivity index (χ4n) is 4.86. The number of nitrogens with zero attached hydrogens (tertiary/aromatic N) is 1. The summed E-state index contributed by atoms with van der Waals surface area (Å²) >= 11 is 0. The first-order valence-electron chi connectivity index (χ1n) is 12.9. The minimum absolute atomic E-state index is 0.181. The van der Waals surface area contributed by atoms with E-state index in [1.54, 1.807) is 32.9 Å². The highest BCUT2D eigenvalue weighted by atomic mass is 16.8. The number of ether oxygens (including phenoxy) is 3. The third-order valence-corrected chi connectivity index (χ3v) is 6.77. The Morgan fingerprint density at radius 3 is 2.21 bits per heavy atom. The van der Waals surface area contributed by atoms with Gasteiger partial charge in [0, 0.05) is 12.7 Å². The van der Waals surface area contributed by atoms with E-state index in [2.05, 4.69) is 0 Å². The minimum Gasteiger partial charge on any atom is -0.489 e. The second-order valence-electron chi connectivity index (χ2n) is 10.2. The summed E-state index contributed by atoms with van der Waals surface area (Å²) in [6.07, 6.45) is -0.694. The van der Waals surface area contributed by atoms with Gasteiger partial charge in [-0.25, -0.2) is 14.7 Å². The number of methoxy groups -OCH3 is 1. The molecule has 0 saturated heterocycles. The molecule has 3 aromatic rings. The van der Waals surface area contributed by atoms with Gasteiger partial charge >= 0.3 is 5.97 Å². The number of carbonyl (C=O) groups is 2. The van der Waals surface area contributed by atoms with Crippen molar-refractivity contribution < 1.29 is 28.6 Å². The van der Waals surface area contributed by atoms with Crippen LogP contribution >= 0.6 is 0 Å². The molecule has 1 atom stereocenters. The molecule has 0 saturated carbocycles. The molecular weight excluding hydrogens is 494 g/mol. The Balaban J connectivity index is 1.75. The average molecular weight is 530 g/mol. The molecule has 0 fully saturated rings. The molecular formula is C32H35NO6. The molecule has 1 unspecified atom stereocenters. The van der Waals surface area contributed by atoms with Crippen LogP contribution in [-0.4, -0.2) is 35.9 Å². The van der Waals surface area contributed by atoms with Gasteiger partial charge in [0.05, 0.1) is 11.1 Å². The average Bonchev–Trinajstić information content (AvgIpc) is 3.07. The number of carbonyl (C=O) groups excluding carboxylic acids is 2. The summed E-state index contributed by atoms with van der Waals surface area (Å²) in [5.74, 6) is -0.0738. The fourth-order valence-corrected chi connectivity index (χ4v) is 4.86. The van der Waals surface area contributed by atoms with Gasteiger partial charge in [-0.2, -0.15) is 0 Å². The van der Waals surface area contributed by atoms with E-state index in [9.17, 15) is 9.59 Å². The maximum absolute atomic E-state index is 13.9. The molecule has 1 aliphatic heterocycles. The predicted molar refractivity (Wildman–Crippen MR) is 149 cm³/mol. The zero-order valence-electron chi connectivity index (χ0n) is 23.5. The Hall–Kier alpha value is -3.94. The maximum atomic E-state index is 13.9. The van der Waals surface area contributed by atoms with Crippen molar-refractivity contribution in [3.05, 3.63) is 106 Å². The van der Waals surface area contributed by atoms with Crippen molar-refractivity contribution in [1.29, 1.82) is 0 Å². The molecule has 1 aliphatic rings. The van der Waals surface area contributed by atoms with Crippen LogP contribution in [-0.2, 0) is 25.7 Å². The molecule has 7 heteroatoms. The van der Waals surface area contributed by atoms with Gasteiger partial charge < -0.3 is 14.2 Å². The van der Waals surface area contributed by atoms with Gasteiger partial charge in [0.1, 0.15) is 23.7 Å². The second kappa shape index (κ2) is 11.4. The molecule has 0 bridgehead atoms. The number of esters is 1. The third kappa shape index (κ3) is 5.75. The molecule has 7 nitrogen and oxygen atoms in total. The largest absolute Gasteiger partial charge is 0.489 e. The molecule has 4 rings (SSSR count). The van der Waals surface area contributed by atoms with Gasteiger partial charge in [-0.3, -0.25) is 4.79 Å². The summed E-state index contributed by atoms with van der Waals surface area (Å²) in [7, 11) is 1.50. The highest BCUT2D eigenvalue weighted by Gasteiger charge is 2.51. The molecule has 204 valence electrons. The SMILES string of the molecule is COC(C)ON1C(=O)C(c2c(C)cc(C)cc2C)=C(OC(=O)c2ccccc2COc2ccccc2)C1(C)C. The third-order valence-electron chi connectivity index (χ3n) is 6.77. The van der Waals surface area contributed by atoms with Crippen LogP contribution in [0.3, 0.4) is 0 Å². The van der Waals surface area contributed by atoms with E-state index in [0.29, 0.717) is 22.4 Å². The van der Waals surface area contributed by atoms with Crippen LogP contribution in [0.4, 0.5) is 0 Å². The van der Waals surface area contributed by atoms with E-state index in [4.69, 9.17) is 19.0 Å². The highest BCUT2D eigenvalue weighted by molar-refractivity contribution is 6.23. The van der Waals surface area contributed by atoms with E-state index in [-0.39, 0.29) is 12.4 Å². The molecule has 0 N–H and O–H groups in total. The summed E-state index contributed by atoms with van der Waals surface area (Å²) in [6.45, 7) is 11.3. The standard InChI is InChI=1S/C32H35NO6/c1-20-17-21(2)27(22(3)18-20)28-29(32(5,6)33(30(28)34)39-23(4)36-7)38-31(35)26-16-12-11-13-24(26)19-37-25-14-9-8-10-15-25/h8-18,23H,19H2,1-7H3. The molecule has 3 aromatic carbocycles. The lowest BCUT2D eigenvalue weighted by Crippen LogP contribution is -2.46. The molecule has 0 aliphatic carbocycles. The summed E-state index contributed by atoms with van der Waals surface area (Å²) in [6, 6.07) is 20.5. The normalized spacial score (nSPS) is 15.5. The van der Waals surface area contributed by atoms with E-state index in [1.807, 2.05) is 75.4 Å². The second-order valence-corrected chi connectivity index (χ2v) is 10.2. The number of hydroxylamine groups is 2. The molecule has 1 amide bonds. The van der Waals surface area contributed by atoms with Crippen molar-refractivity contribution in [3.63, 3.8) is 0 Å². The van der Waals surface area contributed by atoms with E-state index < -0.39 is 23.7 Å². The predicted octanol–water partition coefficient (Wildman–Crippen LogP) is 6.30. The monoisotopic (exact) mass is 529 g/mol. The van der Waals surface area contributed by atoms with Crippen molar-refractivity contribution in [2.45, 2.75) is 60.0 Å². The lowest BCUT2D eigenvalue weighted by Gasteiger charge is -2.33. The number of amides is 1. The van der Waals surface area contributed by atoms with Crippen molar-refractivity contribution in [2.24, 2.45) is 0 Å². The van der Waals surface area contributed by atoms with Gasteiger partial charge in [-0.15, -0.1) is 0 Å². The smallest absolute Gasteiger partial charge is 0.343 e. The number of para-hydroxylation sites is 1. The fraction of sp³-hybridized carbons (Fsp3) is 0.312. The van der Waals surface area contributed by atoms with Crippen molar-refractivity contribution >= 4 is 17.4 Å². The maximum Gasteiger partial charge on any atom is 0.343 e. The van der Waals surface area contributed by atoms with E-state index in [1.165, 1.54) is 12.2 Å². The van der Waals surface area contributed by atoms with Gasteiger partial charge in [-0.1, -0.05) is 54.1 Å². The zero-order valence-corrected chi connectivity index (χ0v) is 23.5. The topological polar surface area (TPSA) is 74.3 Å².